The van der Waals surface area contributed by atoms with Gasteiger partial charge in [0.15, 0.2) is 0 Å². The van der Waals surface area contributed by atoms with Gasteiger partial charge in [-0.1, -0.05) is 64.1 Å². The van der Waals surface area contributed by atoms with Gasteiger partial charge in [0.2, 0.25) is 0 Å². The van der Waals surface area contributed by atoms with Crippen LogP contribution in [0.5, 0.6) is 0 Å². The third-order valence-electron chi connectivity index (χ3n) is 6.12. The fraction of sp³-hybridized carbons (Fsp3) is 0.500. The van der Waals surface area contributed by atoms with Crippen LogP contribution < -0.4 is 5.32 Å². The molecule has 1 heterocycles. The highest BCUT2D eigenvalue weighted by Gasteiger charge is 2.17. The van der Waals surface area contributed by atoms with E-state index in [4.69, 9.17) is 0 Å². The predicted molar refractivity (Wildman–Crippen MR) is 121 cm³/mol. The standard InChI is InChI=1S/C26H36N2O/c1-19-14-16-28(17-15-19)18-21-6-8-23(9-7-21)25(29)27-20(2)22-10-12-24(13-11-22)26(3,4)5/h6-13,19-20H,14-18H2,1-5H3,(H,27,29)/t20-/m1/s1. The van der Waals surface area contributed by atoms with E-state index in [1.165, 1.54) is 37.1 Å². The van der Waals surface area contributed by atoms with Gasteiger partial charge in [-0.2, -0.15) is 0 Å². The Morgan fingerprint density at radius 3 is 2.17 bits per heavy atom. The van der Waals surface area contributed by atoms with E-state index < -0.39 is 0 Å². The monoisotopic (exact) mass is 392 g/mol. The van der Waals surface area contributed by atoms with E-state index in [9.17, 15) is 4.79 Å². The van der Waals surface area contributed by atoms with Crippen LogP contribution in [0, 0.1) is 5.92 Å². The predicted octanol–water partition coefficient (Wildman–Crippen LogP) is 5.71. The first kappa shape index (κ1) is 21.6. The second-order valence-corrected chi connectivity index (χ2v) is 9.72. The average Bonchev–Trinajstić information content (AvgIpc) is 2.69. The van der Waals surface area contributed by atoms with Crippen molar-refractivity contribution in [2.24, 2.45) is 5.92 Å². The summed E-state index contributed by atoms with van der Waals surface area (Å²) in [5.74, 6) is 0.833. The van der Waals surface area contributed by atoms with E-state index in [0.717, 1.165) is 23.6 Å². The first-order valence-corrected chi connectivity index (χ1v) is 10.9. The summed E-state index contributed by atoms with van der Waals surface area (Å²) in [6.45, 7) is 14.3. The molecule has 0 unspecified atom stereocenters. The molecule has 0 radical (unpaired) electrons. The normalized spacial score (nSPS) is 17.1. The molecule has 3 nitrogen and oxygen atoms in total. The van der Waals surface area contributed by atoms with Crippen LogP contribution in [0.1, 0.15) is 80.6 Å². The van der Waals surface area contributed by atoms with Gasteiger partial charge >= 0.3 is 0 Å². The minimum absolute atomic E-state index is 0.0178. The molecule has 29 heavy (non-hydrogen) atoms. The zero-order chi connectivity index (χ0) is 21.0. The minimum atomic E-state index is -0.0217. The van der Waals surface area contributed by atoms with Crippen LogP contribution in [0.25, 0.3) is 0 Å². The van der Waals surface area contributed by atoms with Crippen LogP contribution >= 0.6 is 0 Å². The summed E-state index contributed by atoms with van der Waals surface area (Å²) in [7, 11) is 0. The lowest BCUT2D eigenvalue weighted by Crippen LogP contribution is -2.32. The zero-order valence-corrected chi connectivity index (χ0v) is 18.7. The van der Waals surface area contributed by atoms with E-state index in [1.54, 1.807) is 0 Å². The molecule has 1 atom stereocenters. The van der Waals surface area contributed by atoms with Crippen LogP contribution in [0.2, 0.25) is 0 Å². The number of amides is 1. The molecule has 1 aliphatic heterocycles. The Labute approximate surface area is 176 Å². The molecule has 2 aromatic rings. The van der Waals surface area contributed by atoms with Crippen molar-refractivity contribution in [2.45, 2.75) is 65.5 Å². The molecule has 0 aromatic heterocycles. The lowest BCUT2D eigenvalue weighted by Gasteiger charge is -2.30. The maximum Gasteiger partial charge on any atom is 0.251 e. The number of hydrogen-bond donors (Lipinski definition) is 1. The van der Waals surface area contributed by atoms with E-state index in [2.05, 4.69) is 74.3 Å². The molecule has 156 valence electrons. The quantitative estimate of drug-likeness (QED) is 0.707. The molecule has 2 aromatic carbocycles. The summed E-state index contributed by atoms with van der Waals surface area (Å²) >= 11 is 0. The molecule has 0 aliphatic carbocycles. The smallest absolute Gasteiger partial charge is 0.251 e. The first-order chi connectivity index (χ1) is 13.7. The summed E-state index contributed by atoms with van der Waals surface area (Å²) in [5, 5.41) is 3.13. The van der Waals surface area contributed by atoms with Gasteiger partial charge < -0.3 is 5.32 Å². The summed E-state index contributed by atoms with van der Waals surface area (Å²) in [4.78, 5) is 15.2. The van der Waals surface area contributed by atoms with Gasteiger partial charge in [0, 0.05) is 12.1 Å². The van der Waals surface area contributed by atoms with Crippen LogP contribution in [0.15, 0.2) is 48.5 Å². The van der Waals surface area contributed by atoms with E-state index in [-0.39, 0.29) is 17.4 Å². The number of piperidine rings is 1. The third-order valence-corrected chi connectivity index (χ3v) is 6.12. The molecule has 0 saturated carbocycles. The van der Waals surface area contributed by atoms with Crippen LogP contribution in [0.3, 0.4) is 0 Å². The largest absolute Gasteiger partial charge is 0.346 e. The van der Waals surface area contributed by atoms with E-state index in [0.29, 0.717) is 0 Å². The van der Waals surface area contributed by atoms with Gasteiger partial charge in [-0.3, -0.25) is 9.69 Å². The van der Waals surface area contributed by atoms with Crippen molar-refractivity contribution >= 4 is 5.91 Å². The molecule has 3 rings (SSSR count). The van der Waals surface area contributed by atoms with Crippen molar-refractivity contribution in [3.8, 4) is 0 Å². The highest BCUT2D eigenvalue weighted by molar-refractivity contribution is 5.94. The molecular weight excluding hydrogens is 356 g/mol. The van der Waals surface area contributed by atoms with Crippen molar-refractivity contribution in [3.05, 3.63) is 70.8 Å². The van der Waals surface area contributed by atoms with Gasteiger partial charge in [-0.05, 0) is 73.0 Å². The van der Waals surface area contributed by atoms with Gasteiger partial charge in [0.1, 0.15) is 0 Å². The van der Waals surface area contributed by atoms with Crippen LogP contribution in [-0.2, 0) is 12.0 Å². The number of likely N-dealkylation sites (tertiary alicyclic amines) is 1. The maximum absolute atomic E-state index is 12.7. The van der Waals surface area contributed by atoms with Crippen molar-refractivity contribution in [1.29, 1.82) is 0 Å². The Balaban J connectivity index is 1.56. The van der Waals surface area contributed by atoms with E-state index in [1.807, 2.05) is 19.1 Å². The van der Waals surface area contributed by atoms with E-state index >= 15 is 0 Å². The third kappa shape index (κ3) is 5.93. The van der Waals surface area contributed by atoms with Crippen LogP contribution in [0.4, 0.5) is 0 Å². The summed E-state index contributed by atoms with van der Waals surface area (Å²) in [6, 6.07) is 16.6. The molecule has 0 spiro atoms. The fourth-order valence-electron chi connectivity index (χ4n) is 3.88. The van der Waals surface area contributed by atoms with Crippen molar-refractivity contribution in [2.75, 3.05) is 13.1 Å². The van der Waals surface area contributed by atoms with Gasteiger partial charge in [0.05, 0.1) is 6.04 Å². The highest BCUT2D eigenvalue weighted by atomic mass is 16.1. The minimum Gasteiger partial charge on any atom is -0.346 e. The number of nitrogens with zero attached hydrogens (tertiary/aromatic N) is 1. The summed E-state index contributed by atoms with van der Waals surface area (Å²) in [5.41, 5.74) is 4.57. The fourth-order valence-corrected chi connectivity index (χ4v) is 3.88. The SMILES string of the molecule is CC1CCN(Cc2ccc(C(=O)N[C@H](C)c3ccc(C(C)(C)C)cc3)cc2)CC1. The molecule has 1 amide bonds. The summed E-state index contributed by atoms with van der Waals surface area (Å²) < 4.78 is 0. The Bertz CT molecular complexity index is 794. The molecular formula is C26H36N2O. The average molecular weight is 393 g/mol. The summed E-state index contributed by atoms with van der Waals surface area (Å²) in [6.07, 6.45) is 2.57. The van der Waals surface area contributed by atoms with Gasteiger partial charge in [-0.15, -0.1) is 0 Å². The zero-order valence-electron chi connectivity index (χ0n) is 18.7. The van der Waals surface area contributed by atoms with Crippen molar-refractivity contribution in [1.82, 2.24) is 10.2 Å². The highest BCUT2D eigenvalue weighted by Crippen LogP contribution is 2.24. The van der Waals surface area contributed by atoms with Gasteiger partial charge in [-0.25, -0.2) is 0 Å². The second-order valence-electron chi connectivity index (χ2n) is 9.72. The lowest BCUT2D eigenvalue weighted by molar-refractivity contribution is 0.0940. The number of carbonyl (C=O) groups is 1. The Kier molecular flexibility index (Phi) is 6.79. The first-order valence-electron chi connectivity index (χ1n) is 10.9. The number of carbonyl (C=O) groups excluding carboxylic acids is 1. The number of hydrogen-bond acceptors (Lipinski definition) is 2. The molecule has 1 saturated heterocycles. The topological polar surface area (TPSA) is 32.3 Å². The molecule has 1 fully saturated rings. The number of nitrogens with one attached hydrogen (secondary N) is 1. The van der Waals surface area contributed by atoms with Gasteiger partial charge in [0.25, 0.3) is 5.91 Å². The maximum atomic E-state index is 12.7. The Hall–Kier alpha value is -2.13. The molecule has 1 N–H and O–H groups in total. The second kappa shape index (κ2) is 9.13. The Morgan fingerprint density at radius 2 is 1.62 bits per heavy atom. The number of rotatable bonds is 5. The molecule has 3 heteroatoms. The van der Waals surface area contributed by atoms with Crippen molar-refractivity contribution in [3.63, 3.8) is 0 Å². The van der Waals surface area contributed by atoms with Crippen molar-refractivity contribution < 1.29 is 4.79 Å². The molecule has 1 aliphatic rings. The molecule has 0 bridgehead atoms. The Morgan fingerprint density at radius 1 is 1.03 bits per heavy atom. The lowest BCUT2D eigenvalue weighted by atomic mass is 9.86. The number of benzene rings is 2. The van der Waals surface area contributed by atoms with Crippen LogP contribution in [-0.4, -0.2) is 23.9 Å².